The number of carbonyl (C=O) groups excluding carboxylic acids is 2. The monoisotopic (exact) mass is 348 g/mol. The predicted octanol–water partition coefficient (Wildman–Crippen LogP) is 1.91. The molecule has 25 heavy (non-hydrogen) atoms. The fraction of sp³-hybridized carbons (Fsp3) is 0.412. The molecule has 8 heteroatoms. The van der Waals surface area contributed by atoms with Crippen LogP contribution in [0, 0.1) is 10.1 Å². The molecule has 8 nitrogen and oxygen atoms in total. The van der Waals surface area contributed by atoms with Gasteiger partial charge >= 0.3 is 5.97 Å². The number of esters is 1. The first-order valence-electron chi connectivity index (χ1n) is 7.71. The van der Waals surface area contributed by atoms with E-state index in [1.54, 1.807) is 24.3 Å². The van der Waals surface area contributed by atoms with Crippen molar-refractivity contribution in [3.8, 4) is 5.75 Å². The summed E-state index contributed by atoms with van der Waals surface area (Å²) in [7, 11) is 1.17. The van der Waals surface area contributed by atoms with Crippen molar-refractivity contribution in [1.29, 1.82) is 0 Å². The molecule has 0 radical (unpaired) electrons. The van der Waals surface area contributed by atoms with E-state index in [1.165, 1.54) is 21.0 Å². The zero-order valence-corrected chi connectivity index (χ0v) is 14.3. The Balaban J connectivity index is 2.67. The molecule has 0 bridgehead atoms. The maximum absolute atomic E-state index is 12.3. The van der Waals surface area contributed by atoms with Gasteiger partial charge in [0.05, 0.1) is 13.0 Å². The minimum Gasteiger partial charge on any atom is -0.465 e. The van der Waals surface area contributed by atoms with Gasteiger partial charge in [-0.05, 0) is 13.0 Å². The highest BCUT2D eigenvalue weighted by molar-refractivity contribution is 5.92. The molecule has 134 valence electrons. The van der Waals surface area contributed by atoms with Crippen LogP contribution in [0.25, 0.3) is 0 Å². The maximum atomic E-state index is 12.3. The standard InChI is InChI=1S/C17H20N2O6/c1-10(20)8-9-17(2,19(22)23)14-11-6-4-5-7-12(11)25-15(18)13(14)16(21)24-3/h4-7,14H,8-9,18H2,1-3H3. The number of hydrogen-bond acceptors (Lipinski definition) is 7. The van der Waals surface area contributed by atoms with Crippen LogP contribution >= 0.6 is 0 Å². The van der Waals surface area contributed by atoms with Crippen molar-refractivity contribution >= 4 is 11.8 Å². The van der Waals surface area contributed by atoms with E-state index in [9.17, 15) is 19.7 Å². The van der Waals surface area contributed by atoms with Gasteiger partial charge in [-0.2, -0.15) is 0 Å². The second kappa shape index (κ2) is 6.92. The summed E-state index contributed by atoms with van der Waals surface area (Å²) in [6.07, 6.45) is -0.0481. The van der Waals surface area contributed by atoms with Crippen molar-refractivity contribution in [2.45, 2.75) is 38.1 Å². The molecule has 0 saturated carbocycles. The number of fused-ring (bicyclic) bond motifs is 1. The smallest absolute Gasteiger partial charge is 0.340 e. The van der Waals surface area contributed by atoms with Crippen LogP contribution in [-0.2, 0) is 14.3 Å². The summed E-state index contributed by atoms with van der Waals surface area (Å²) in [6, 6.07) is 6.65. The summed E-state index contributed by atoms with van der Waals surface area (Å²) in [5.41, 5.74) is 4.59. The van der Waals surface area contributed by atoms with E-state index in [-0.39, 0.29) is 30.1 Å². The summed E-state index contributed by atoms with van der Waals surface area (Å²) in [6.45, 7) is 2.77. The fourth-order valence-corrected chi connectivity index (χ4v) is 3.03. The van der Waals surface area contributed by atoms with Crippen molar-refractivity contribution in [2.75, 3.05) is 7.11 Å². The largest absolute Gasteiger partial charge is 0.465 e. The third-order valence-corrected chi connectivity index (χ3v) is 4.43. The number of Topliss-reactive ketones (excluding diaryl/α,β-unsaturated/α-hetero) is 1. The first-order chi connectivity index (χ1) is 11.7. The molecule has 2 unspecified atom stereocenters. The number of carbonyl (C=O) groups is 2. The van der Waals surface area contributed by atoms with E-state index in [1.807, 2.05) is 0 Å². The Morgan fingerprint density at radius 3 is 2.60 bits per heavy atom. The van der Waals surface area contributed by atoms with Crippen LogP contribution in [-0.4, -0.2) is 29.3 Å². The van der Waals surface area contributed by atoms with Gasteiger partial charge in [0.2, 0.25) is 11.4 Å². The van der Waals surface area contributed by atoms with Gasteiger partial charge in [0.25, 0.3) is 0 Å². The molecule has 0 amide bonds. The van der Waals surface area contributed by atoms with E-state index in [0.29, 0.717) is 11.3 Å². The number of nitrogens with zero attached hydrogens (tertiary/aromatic N) is 1. The molecule has 0 spiro atoms. The van der Waals surface area contributed by atoms with Crippen molar-refractivity contribution < 1.29 is 24.0 Å². The zero-order valence-electron chi connectivity index (χ0n) is 14.3. The van der Waals surface area contributed by atoms with Crippen molar-refractivity contribution in [3.63, 3.8) is 0 Å². The van der Waals surface area contributed by atoms with Crippen LogP contribution < -0.4 is 10.5 Å². The Labute approximate surface area is 144 Å². The molecule has 2 rings (SSSR count). The molecule has 2 atom stereocenters. The summed E-state index contributed by atoms with van der Waals surface area (Å²) in [5.74, 6) is -1.86. The highest BCUT2D eigenvalue weighted by Gasteiger charge is 2.53. The van der Waals surface area contributed by atoms with Crippen LogP contribution in [0.5, 0.6) is 5.75 Å². The average molecular weight is 348 g/mol. The van der Waals surface area contributed by atoms with E-state index in [0.717, 1.165) is 0 Å². The van der Waals surface area contributed by atoms with Gasteiger partial charge < -0.3 is 20.0 Å². The highest BCUT2D eigenvalue weighted by Crippen LogP contribution is 2.47. The van der Waals surface area contributed by atoms with Gasteiger partial charge in [-0.1, -0.05) is 18.2 Å². The lowest BCUT2D eigenvalue weighted by atomic mass is 9.72. The Hall–Kier alpha value is -2.90. The third-order valence-electron chi connectivity index (χ3n) is 4.43. The number of benzene rings is 1. The third kappa shape index (κ3) is 3.33. The van der Waals surface area contributed by atoms with E-state index in [4.69, 9.17) is 15.2 Å². The number of rotatable bonds is 6. The van der Waals surface area contributed by atoms with Crippen LogP contribution in [0.2, 0.25) is 0 Å². The van der Waals surface area contributed by atoms with Gasteiger partial charge in [0.15, 0.2) is 0 Å². The Bertz CT molecular complexity index is 757. The minimum absolute atomic E-state index is 0.00532. The van der Waals surface area contributed by atoms with E-state index in [2.05, 4.69) is 0 Å². The number of ether oxygens (including phenoxy) is 2. The molecule has 0 saturated heterocycles. The number of para-hydroxylation sites is 1. The average Bonchev–Trinajstić information content (AvgIpc) is 2.57. The fourth-order valence-electron chi connectivity index (χ4n) is 3.03. The Morgan fingerprint density at radius 2 is 2.04 bits per heavy atom. The van der Waals surface area contributed by atoms with Gasteiger partial charge in [-0.3, -0.25) is 10.1 Å². The van der Waals surface area contributed by atoms with Crippen LogP contribution in [0.3, 0.4) is 0 Å². The number of hydrogen-bond donors (Lipinski definition) is 1. The maximum Gasteiger partial charge on any atom is 0.340 e. The first-order valence-corrected chi connectivity index (χ1v) is 7.71. The summed E-state index contributed by atoms with van der Waals surface area (Å²) in [4.78, 5) is 35.1. The normalized spacial score (nSPS) is 18.6. The van der Waals surface area contributed by atoms with Gasteiger partial charge in [0.1, 0.15) is 17.1 Å². The molecule has 0 fully saturated rings. The molecule has 2 N–H and O–H groups in total. The Morgan fingerprint density at radius 1 is 1.40 bits per heavy atom. The highest BCUT2D eigenvalue weighted by atomic mass is 16.6. The van der Waals surface area contributed by atoms with Crippen molar-refractivity contribution in [2.24, 2.45) is 5.73 Å². The molecule has 1 aliphatic rings. The molecule has 0 aliphatic carbocycles. The molecular weight excluding hydrogens is 328 g/mol. The van der Waals surface area contributed by atoms with Gasteiger partial charge in [-0.15, -0.1) is 0 Å². The lowest BCUT2D eigenvalue weighted by Crippen LogP contribution is -2.46. The molecule has 0 aromatic heterocycles. The lowest BCUT2D eigenvalue weighted by Gasteiger charge is -2.35. The topological polar surface area (TPSA) is 122 Å². The van der Waals surface area contributed by atoms with Crippen LogP contribution in [0.4, 0.5) is 0 Å². The molecule has 1 aromatic carbocycles. The summed E-state index contributed by atoms with van der Waals surface area (Å²) < 4.78 is 10.2. The van der Waals surface area contributed by atoms with Gasteiger partial charge in [0, 0.05) is 30.3 Å². The minimum atomic E-state index is -1.64. The van der Waals surface area contributed by atoms with Crippen LogP contribution in [0.1, 0.15) is 38.2 Å². The van der Waals surface area contributed by atoms with Crippen molar-refractivity contribution in [1.82, 2.24) is 0 Å². The van der Waals surface area contributed by atoms with Crippen molar-refractivity contribution in [3.05, 3.63) is 51.4 Å². The van der Waals surface area contributed by atoms with E-state index >= 15 is 0 Å². The predicted molar refractivity (Wildman–Crippen MR) is 88.4 cm³/mol. The summed E-state index contributed by atoms with van der Waals surface area (Å²) >= 11 is 0. The molecule has 1 heterocycles. The molecular formula is C17H20N2O6. The molecule has 1 aliphatic heterocycles. The zero-order chi connectivity index (χ0) is 18.8. The SMILES string of the molecule is COC(=O)C1=C(N)Oc2ccccc2C1C(C)(CCC(C)=O)[N+](=O)[O-]. The Kier molecular flexibility index (Phi) is 5.10. The first kappa shape index (κ1) is 18.4. The lowest BCUT2D eigenvalue weighted by molar-refractivity contribution is -0.569. The second-order valence-electron chi connectivity index (χ2n) is 6.16. The number of ketones is 1. The van der Waals surface area contributed by atoms with Crippen LogP contribution in [0.15, 0.2) is 35.7 Å². The number of methoxy groups -OCH3 is 1. The second-order valence-corrected chi connectivity index (χ2v) is 6.16. The summed E-state index contributed by atoms with van der Waals surface area (Å²) in [5, 5.41) is 11.9. The molecule has 1 aromatic rings. The van der Waals surface area contributed by atoms with Gasteiger partial charge in [-0.25, -0.2) is 4.79 Å². The number of nitrogens with two attached hydrogens (primary N) is 1. The van der Waals surface area contributed by atoms with E-state index < -0.39 is 22.3 Å². The number of nitro groups is 1. The quantitative estimate of drug-likeness (QED) is 0.473.